The second-order valence-corrected chi connectivity index (χ2v) is 7.08. The standard InChI is InChI=1S/C13H15FN2O2S/c14-12-1-2-13(11(7-12)8-15)16-9-10-3-5-19(17,18)6-4-10/h1-2,7,10,16H,3-6,9H2. The minimum atomic E-state index is -2.85. The lowest BCUT2D eigenvalue weighted by Gasteiger charge is -2.22. The van der Waals surface area contributed by atoms with E-state index in [1.165, 1.54) is 18.2 Å². The van der Waals surface area contributed by atoms with Gasteiger partial charge < -0.3 is 5.32 Å². The lowest BCUT2D eigenvalue weighted by Crippen LogP contribution is -2.27. The molecule has 4 nitrogen and oxygen atoms in total. The van der Waals surface area contributed by atoms with Crippen LogP contribution in [0.25, 0.3) is 0 Å². The molecule has 0 unspecified atom stereocenters. The molecule has 0 amide bonds. The highest BCUT2D eigenvalue weighted by molar-refractivity contribution is 7.91. The largest absolute Gasteiger partial charge is 0.384 e. The topological polar surface area (TPSA) is 70.0 Å². The van der Waals surface area contributed by atoms with Crippen LogP contribution in [-0.2, 0) is 9.84 Å². The first-order chi connectivity index (χ1) is 9.00. The van der Waals surface area contributed by atoms with Gasteiger partial charge in [0, 0.05) is 6.54 Å². The summed E-state index contributed by atoms with van der Waals surface area (Å²) in [5.74, 6) is 0.299. The van der Waals surface area contributed by atoms with Crippen molar-refractivity contribution in [3.05, 3.63) is 29.6 Å². The Bertz CT molecular complexity index is 594. The highest BCUT2D eigenvalue weighted by Gasteiger charge is 2.23. The zero-order valence-electron chi connectivity index (χ0n) is 10.4. The summed E-state index contributed by atoms with van der Waals surface area (Å²) >= 11 is 0. The second-order valence-electron chi connectivity index (χ2n) is 4.78. The maximum absolute atomic E-state index is 13.0. The van der Waals surface area contributed by atoms with E-state index in [0.29, 0.717) is 25.1 Å². The molecule has 1 N–H and O–H groups in total. The van der Waals surface area contributed by atoms with E-state index >= 15 is 0 Å². The van der Waals surface area contributed by atoms with Gasteiger partial charge in [0.1, 0.15) is 21.7 Å². The van der Waals surface area contributed by atoms with E-state index in [4.69, 9.17) is 5.26 Å². The maximum atomic E-state index is 13.0. The number of benzene rings is 1. The van der Waals surface area contributed by atoms with Crippen LogP contribution in [0.3, 0.4) is 0 Å². The summed E-state index contributed by atoms with van der Waals surface area (Å²) in [6, 6.07) is 5.96. The molecule has 1 heterocycles. The van der Waals surface area contributed by atoms with Crippen molar-refractivity contribution in [2.24, 2.45) is 5.92 Å². The first kappa shape index (κ1) is 13.8. The molecule has 6 heteroatoms. The Morgan fingerprint density at radius 1 is 1.37 bits per heavy atom. The molecule has 1 saturated heterocycles. The lowest BCUT2D eigenvalue weighted by molar-refractivity contribution is 0.484. The third kappa shape index (κ3) is 3.67. The normalized spacial score (nSPS) is 18.7. The number of hydrogen-bond donors (Lipinski definition) is 1. The Morgan fingerprint density at radius 3 is 2.68 bits per heavy atom. The number of hydrogen-bond acceptors (Lipinski definition) is 4. The van der Waals surface area contributed by atoms with E-state index < -0.39 is 15.7 Å². The monoisotopic (exact) mass is 282 g/mol. The van der Waals surface area contributed by atoms with Crippen molar-refractivity contribution in [1.29, 1.82) is 5.26 Å². The van der Waals surface area contributed by atoms with Crippen molar-refractivity contribution in [2.45, 2.75) is 12.8 Å². The molecule has 0 atom stereocenters. The summed E-state index contributed by atoms with van der Waals surface area (Å²) in [7, 11) is -2.85. The Morgan fingerprint density at radius 2 is 2.05 bits per heavy atom. The van der Waals surface area contributed by atoms with Crippen molar-refractivity contribution < 1.29 is 12.8 Å². The van der Waals surface area contributed by atoms with E-state index in [2.05, 4.69) is 5.32 Å². The number of nitrogens with one attached hydrogen (secondary N) is 1. The van der Waals surface area contributed by atoms with E-state index in [1.807, 2.05) is 6.07 Å². The fraction of sp³-hybridized carbons (Fsp3) is 0.462. The zero-order valence-corrected chi connectivity index (χ0v) is 11.2. The van der Waals surface area contributed by atoms with Crippen molar-refractivity contribution in [3.8, 4) is 6.07 Å². The molecule has 0 bridgehead atoms. The van der Waals surface area contributed by atoms with Gasteiger partial charge >= 0.3 is 0 Å². The van der Waals surface area contributed by atoms with Gasteiger partial charge in [-0.25, -0.2) is 12.8 Å². The van der Waals surface area contributed by atoms with Crippen LogP contribution < -0.4 is 5.32 Å². The predicted octanol–water partition coefficient (Wildman–Crippen LogP) is 1.93. The van der Waals surface area contributed by atoms with Gasteiger partial charge in [-0.2, -0.15) is 5.26 Å². The predicted molar refractivity (Wildman–Crippen MR) is 71.0 cm³/mol. The first-order valence-corrected chi connectivity index (χ1v) is 7.96. The van der Waals surface area contributed by atoms with Gasteiger partial charge in [0.2, 0.25) is 0 Å². The van der Waals surface area contributed by atoms with Crippen LogP contribution in [0.15, 0.2) is 18.2 Å². The smallest absolute Gasteiger partial charge is 0.150 e. The summed E-state index contributed by atoms with van der Waals surface area (Å²) in [5, 5.41) is 12.0. The molecular formula is C13H15FN2O2S. The molecule has 102 valence electrons. The van der Waals surface area contributed by atoms with Crippen LogP contribution in [0.1, 0.15) is 18.4 Å². The highest BCUT2D eigenvalue weighted by atomic mass is 32.2. The molecule has 1 fully saturated rings. The van der Waals surface area contributed by atoms with Gasteiger partial charge in [-0.05, 0) is 37.0 Å². The molecule has 0 saturated carbocycles. The van der Waals surface area contributed by atoms with E-state index in [9.17, 15) is 12.8 Å². The molecule has 1 aliphatic rings. The maximum Gasteiger partial charge on any atom is 0.150 e. The fourth-order valence-corrected chi connectivity index (χ4v) is 3.75. The number of nitrogens with zero attached hydrogens (tertiary/aromatic N) is 1. The number of rotatable bonds is 3. The van der Waals surface area contributed by atoms with E-state index in [-0.39, 0.29) is 23.0 Å². The van der Waals surface area contributed by atoms with Crippen LogP contribution in [0.4, 0.5) is 10.1 Å². The SMILES string of the molecule is N#Cc1cc(F)ccc1NCC1CCS(=O)(=O)CC1. The summed E-state index contributed by atoms with van der Waals surface area (Å²) < 4.78 is 35.6. The molecule has 2 rings (SSSR count). The van der Waals surface area contributed by atoms with Gasteiger partial charge in [-0.15, -0.1) is 0 Å². The molecular weight excluding hydrogens is 267 g/mol. The van der Waals surface area contributed by atoms with Crippen LogP contribution in [-0.4, -0.2) is 26.5 Å². The van der Waals surface area contributed by atoms with Gasteiger partial charge in [0.05, 0.1) is 22.8 Å². The van der Waals surface area contributed by atoms with Crippen molar-refractivity contribution in [3.63, 3.8) is 0 Å². The summed E-state index contributed by atoms with van der Waals surface area (Å²) in [4.78, 5) is 0. The first-order valence-electron chi connectivity index (χ1n) is 6.14. The number of halogens is 1. The Balaban J connectivity index is 1.95. The van der Waals surface area contributed by atoms with Crippen LogP contribution in [0.2, 0.25) is 0 Å². The van der Waals surface area contributed by atoms with Gasteiger partial charge in [0.15, 0.2) is 0 Å². The lowest BCUT2D eigenvalue weighted by atomic mass is 10.0. The Hall–Kier alpha value is -1.61. The molecule has 0 aliphatic carbocycles. The quantitative estimate of drug-likeness (QED) is 0.919. The van der Waals surface area contributed by atoms with Crippen LogP contribution in [0.5, 0.6) is 0 Å². The molecule has 0 radical (unpaired) electrons. The van der Waals surface area contributed by atoms with Crippen molar-refractivity contribution >= 4 is 15.5 Å². The van der Waals surface area contributed by atoms with E-state index in [0.717, 1.165) is 0 Å². The molecule has 1 aromatic rings. The Labute approximate surface area is 112 Å². The van der Waals surface area contributed by atoms with E-state index in [1.54, 1.807) is 0 Å². The minimum Gasteiger partial charge on any atom is -0.384 e. The average molecular weight is 282 g/mol. The molecule has 1 aromatic carbocycles. The number of nitriles is 1. The van der Waals surface area contributed by atoms with Crippen LogP contribution in [0, 0.1) is 23.1 Å². The average Bonchev–Trinajstić information content (AvgIpc) is 2.38. The third-order valence-electron chi connectivity index (χ3n) is 3.36. The molecule has 0 aromatic heterocycles. The molecule has 0 spiro atoms. The second kappa shape index (κ2) is 5.57. The van der Waals surface area contributed by atoms with Crippen molar-refractivity contribution in [1.82, 2.24) is 0 Å². The summed E-state index contributed by atoms with van der Waals surface area (Å²) in [5.41, 5.74) is 0.862. The van der Waals surface area contributed by atoms with Crippen molar-refractivity contribution in [2.75, 3.05) is 23.4 Å². The zero-order chi connectivity index (χ0) is 13.9. The third-order valence-corrected chi connectivity index (χ3v) is 5.07. The van der Waals surface area contributed by atoms with Gasteiger partial charge in [-0.1, -0.05) is 0 Å². The fourth-order valence-electron chi connectivity index (χ4n) is 2.16. The van der Waals surface area contributed by atoms with Gasteiger partial charge in [0.25, 0.3) is 0 Å². The minimum absolute atomic E-state index is 0.230. The molecule has 1 aliphatic heterocycles. The summed E-state index contributed by atoms with van der Waals surface area (Å²) in [6.45, 7) is 0.607. The number of sulfone groups is 1. The Kier molecular flexibility index (Phi) is 4.05. The van der Waals surface area contributed by atoms with Gasteiger partial charge in [-0.3, -0.25) is 0 Å². The summed E-state index contributed by atoms with van der Waals surface area (Å²) in [6.07, 6.45) is 1.27. The molecule has 19 heavy (non-hydrogen) atoms. The number of anilines is 1. The highest BCUT2D eigenvalue weighted by Crippen LogP contribution is 2.21. The van der Waals surface area contributed by atoms with Crippen LogP contribution >= 0.6 is 0 Å².